The Bertz CT molecular complexity index is 715. The number of nitrogens with zero attached hydrogens (tertiary/aromatic N) is 1. The number of thioether (sulfide) groups is 1. The molecule has 1 N–H and O–H groups in total. The van der Waals surface area contributed by atoms with Crippen molar-refractivity contribution in [1.29, 1.82) is 0 Å². The number of benzene rings is 1. The highest BCUT2D eigenvalue weighted by molar-refractivity contribution is 7.98. The number of fused-ring (bicyclic) bond motifs is 1. The normalized spacial score (nSPS) is 14.5. The molecule has 1 aromatic carbocycles. The molecule has 1 aromatic heterocycles. The lowest BCUT2D eigenvalue weighted by atomic mass is 10.1. The third-order valence-electron chi connectivity index (χ3n) is 4.14. The SMILES string of the molecule is CSCCC(C(=O)NCc1ccco1)N1Cc2ccccc2C1=O. The van der Waals surface area contributed by atoms with Crippen LogP contribution in [0.3, 0.4) is 0 Å². The van der Waals surface area contributed by atoms with Gasteiger partial charge in [-0.3, -0.25) is 9.59 Å². The van der Waals surface area contributed by atoms with Gasteiger partial charge in [0.05, 0.1) is 12.8 Å². The van der Waals surface area contributed by atoms with Crippen molar-refractivity contribution in [1.82, 2.24) is 10.2 Å². The number of hydrogen-bond donors (Lipinski definition) is 1. The fraction of sp³-hybridized carbons (Fsp3) is 0.333. The predicted molar refractivity (Wildman–Crippen MR) is 93.7 cm³/mol. The van der Waals surface area contributed by atoms with Gasteiger partial charge in [-0.2, -0.15) is 11.8 Å². The van der Waals surface area contributed by atoms with Crippen molar-refractivity contribution in [3.05, 3.63) is 59.5 Å². The summed E-state index contributed by atoms with van der Waals surface area (Å²) in [4.78, 5) is 27.0. The van der Waals surface area contributed by atoms with Gasteiger partial charge in [-0.15, -0.1) is 0 Å². The molecule has 6 heteroatoms. The van der Waals surface area contributed by atoms with Gasteiger partial charge in [-0.05, 0) is 42.2 Å². The molecule has 0 aliphatic carbocycles. The first-order valence-electron chi connectivity index (χ1n) is 7.88. The van der Waals surface area contributed by atoms with Crippen LogP contribution in [0.15, 0.2) is 47.1 Å². The Labute approximate surface area is 145 Å². The minimum Gasteiger partial charge on any atom is -0.467 e. The molecule has 2 amide bonds. The summed E-state index contributed by atoms with van der Waals surface area (Å²) in [5.41, 5.74) is 1.68. The van der Waals surface area contributed by atoms with E-state index in [-0.39, 0.29) is 11.8 Å². The minimum atomic E-state index is -0.465. The topological polar surface area (TPSA) is 62.6 Å². The summed E-state index contributed by atoms with van der Waals surface area (Å²) in [6.07, 6.45) is 4.20. The van der Waals surface area contributed by atoms with Crippen LogP contribution >= 0.6 is 11.8 Å². The molecule has 0 spiro atoms. The second-order valence-corrected chi connectivity index (χ2v) is 6.67. The molecular formula is C18H20N2O3S. The molecule has 1 unspecified atom stereocenters. The molecule has 0 fully saturated rings. The van der Waals surface area contributed by atoms with Crippen LogP contribution in [0.25, 0.3) is 0 Å². The van der Waals surface area contributed by atoms with E-state index in [0.717, 1.165) is 11.3 Å². The Morgan fingerprint density at radius 3 is 2.88 bits per heavy atom. The highest BCUT2D eigenvalue weighted by Crippen LogP contribution is 2.26. The van der Waals surface area contributed by atoms with Gasteiger partial charge in [0.25, 0.3) is 5.91 Å². The fourth-order valence-corrected chi connectivity index (χ4v) is 3.35. The zero-order valence-corrected chi connectivity index (χ0v) is 14.3. The molecule has 2 aromatic rings. The number of nitrogens with one attached hydrogen (secondary N) is 1. The molecule has 5 nitrogen and oxygen atoms in total. The maximum Gasteiger partial charge on any atom is 0.255 e. The van der Waals surface area contributed by atoms with Crippen LogP contribution in [0.4, 0.5) is 0 Å². The van der Waals surface area contributed by atoms with Crippen molar-refractivity contribution in [2.24, 2.45) is 0 Å². The molecule has 1 aliphatic rings. The van der Waals surface area contributed by atoms with Gasteiger partial charge in [0, 0.05) is 12.1 Å². The second-order valence-electron chi connectivity index (χ2n) is 5.68. The van der Waals surface area contributed by atoms with E-state index in [4.69, 9.17) is 4.42 Å². The van der Waals surface area contributed by atoms with Gasteiger partial charge in [0.1, 0.15) is 11.8 Å². The smallest absolute Gasteiger partial charge is 0.255 e. The highest BCUT2D eigenvalue weighted by atomic mass is 32.2. The second kappa shape index (κ2) is 7.57. The average Bonchev–Trinajstić information content (AvgIpc) is 3.22. The molecule has 126 valence electrons. The molecule has 3 rings (SSSR count). The van der Waals surface area contributed by atoms with Crippen molar-refractivity contribution in [3.63, 3.8) is 0 Å². The van der Waals surface area contributed by atoms with E-state index in [1.807, 2.05) is 36.6 Å². The van der Waals surface area contributed by atoms with Crippen LogP contribution in [-0.4, -0.2) is 34.8 Å². The third kappa shape index (κ3) is 3.48. The average molecular weight is 344 g/mol. The standard InChI is InChI=1S/C18H20N2O3S/c1-24-10-8-16(17(21)19-11-14-6-4-9-23-14)20-12-13-5-2-3-7-15(13)18(20)22/h2-7,9,16H,8,10-12H2,1H3,(H,19,21). The number of carbonyl (C=O) groups excluding carboxylic acids is 2. The van der Waals surface area contributed by atoms with Crippen molar-refractivity contribution in [2.45, 2.75) is 25.6 Å². The quantitative estimate of drug-likeness (QED) is 0.839. The Morgan fingerprint density at radius 1 is 1.33 bits per heavy atom. The van der Waals surface area contributed by atoms with Crippen molar-refractivity contribution in [3.8, 4) is 0 Å². The number of carbonyl (C=O) groups is 2. The molecule has 1 atom stereocenters. The predicted octanol–water partition coefficient (Wildman–Crippen LogP) is 2.67. The van der Waals surface area contributed by atoms with Crippen LogP contribution in [0.5, 0.6) is 0 Å². The third-order valence-corrected chi connectivity index (χ3v) is 4.78. The lowest BCUT2D eigenvalue weighted by Gasteiger charge is -2.26. The van der Waals surface area contributed by atoms with E-state index in [1.54, 1.807) is 29.0 Å². The van der Waals surface area contributed by atoms with Crippen LogP contribution in [0, 0.1) is 0 Å². The summed E-state index contributed by atoms with van der Waals surface area (Å²) in [5.74, 6) is 1.31. The number of hydrogen-bond acceptors (Lipinski definition) is 4. The van der Waals surface area contributed by atoms with Gasteiger partial charge in [-0.25, -0.2) is 0 Å². The van der Waals surface area contributed by atoms with E-state index in [2.05, 4.69) is 5.32 Å². The van der Waals surface area contributed by atoms with E-state index in [9.17, 15) is 9.59 Å². The van der Waals surface area contributed by atoms with Gasteiger partial charge >= 0.3 is 0 Å². The highest BCUT2D eigenvalue weighted by Gasteiger charge is 2.35. The zero-order valence-electron chi connectivity index (χ0n) is 13.5. The Balaban J connectivity index is 1.72. The summed E-state index contributed by atoms with van der Waals surface area (Å²) in [6, 6.07) is 10.7. The lowest BCUT2D eigenvalue weighted by Crippen LogP contribution is -2.47. The van der Waals surface area contributed by atoms with E-state index < -0.39 is 6.04 Å². The van der Waals surface area contributed by atoms with Gasteiger partial charge in [-0.1, -0.05) is 18.2 Å². The van der Waals surface area contributed by atoms with E-state index in [1.165, 1.54) is 0 Å². The molecule has 2 heterocycles. The van der Waals surface area contributed by atoms with Gasteiger partial charge < -0.3 is 14.6 Å². The summed E-state index contributed by atoms with van der Waals surface area (Å²) in [7, 11) is 0. The molecule has 0 radical (unpaired) electrons. The number of furan rings is 1. The van der Waals surface area contributed by atoms with Crippen molar-refractivity contribution >= 4 is 23.6 Å². The zero-order chi connectivity index (χ0) is 16.9. The fourth-order valence-electron chi connectivity index (χ4n) is 2.89. The van der Waals surface area contributed by atoms with Crippen LogP contribution < -0.4 is 5.32 Å². The lowest BCUT2D eigenvalue weighted by molar-refractivity contribution is -0.126. The monoisotopic (exact) mass is 344 g/mol. The van der Waals surface area contributed by atoms with Crippen molar-refractivity contribution < 1.29 is 14.0 Å². The Kier molecular flexibility index (Phi) is 5.25. The molecular weight excluding hydrogens is 324 g/mol. The van der Waals surface area contributed by atoms with Crippen LogP contribution in [-0.2, 0) is 17.9 Å². The van der Waals surface area contributed by atoms with Crippen LogP contribution in [0.2, 0.25) is 0 Å². The summed E-state index contributed by atoms with van der Waals surface area (Å²) in [5, 5.41) is 2.88. The van der Waals surface area contributed by atoms with E-state index in [0.29, 0.717) is 30.8 Å². The van der Waals surface area contributed by atoms with Gasteiger partial charge in [0.2, 0.25) is 5.91 Å². The molecule has 0 bridgehead atoms. The maximum atomic E-state index is 12.7. The van der Waals surface area contributed by atoms with Crippen LogP contribution in [0.1, 0.15) is 28.1 Å². The van der Waals surface area contributed by atoms with E-state index >= 15 is 0 Å². The molecule has 0 saturated carbocycles. The maximum absolute atomic E-state index is 12.7. The number of amides is 2. The Hall–Kier alpha value is -2.21. The molecule has 24 heavy (non-hydrogen) atoms. The Morgan fingerprint density at radius 2 is 2.17 bits per heavy atom. The first-order valence-corrected chi connectivity index (χ1v) is 9.28. The molecule has 0 saturated heterocycles. The minimum absolute atomic E-state index is 0.0650. The first-order chi connectivity index (χ1) is 11.7. The first kappa shape index (κ1) is 16.6. The van der Waals surface area contributed by atoms with Crippen molar-refractivity contribution in [2.75, 3.05) is 12.0 Å². The summed E-state index contributed by atoms with van der Waals surface area (Å²) in [6.45, 7) is 0.818. The summed E-state index contributed by atoms with van der Waals surface area (Å²) < 4.78 is 5.24. The summed E-state index contributed by atoms with van der Waals surface area (Å²) >= 11 is 1.67. The van der Waals surface area contributed by atoms with Gasteiger partial charge in [0.15, 0.2) is 0 Å². The largest absolute Gasteiger partial charge is 0.467 e. The molecule has 1 aliphatic heterocycles. The number of rotatable bonds is 7.